The predicted molar refractivity (Wildman–Crippen MR) is 76.9 cm³/mol. The number of fused-ring (bicyclic) bond motifs is 3. The smallest absolute Gasteiger partial charge is 0.0135 e. The molecule has 1 aromatic carbocycles. The highest BCUT2D eigenvalue weighted by Crippen LogP contribution is 2.53. The normalized spacial score (nSPS) is 34.1. The molecule has 0 bridgehead atoms. The van der Waals surface area contributed by atoms with Crippen molar-refractivity contribution in [3.05, 3.63) is 35.4 Å². The summed E-state index contributed by atoms with van der Waals surface area (Å²) in [5.41, 5.74) is 3.29. The van der Waals surface area contributed by atoms with E-state index in [2.05, 4.69) is 43.4 Å². The Labute approximate surface area is 111 Å². The number of hydrogen-bond donors (Lipinski definition) is 1. The lowest BCUT2D eigenvalue weighted by molar-refractivity contribution is 0.0612. The van der Waals surface area contributed by atoms with E-state index in [1.54, 1.807) is 11.1 Å². The molecule has 0 amide bonds. The van der Waals surface area contributed by atoms with Crippen LogP contribution in [-0.2, 0) is 6.42 Å². The van der Waals surface area contributed by atoms with Crippen LogP contribution in [-0.4, -0.2) is 12.6 Å². The first-order valence-corrected chi connectivity index (χ1v) is 7.68. The Bertz CT molecular complexity index is 412. The Balaban J connectivity index is 1.92. The average molecular weight is 243 g/mol. The summed E-state index contributed by atoms with van der Waals surface area (Å²) in [6, 6.07) is 9.96. The van der Waals surface area contributed by atoms with Gasteiger partial charge in [0.15, 0.2) is 0 Å². The first-order valence-electron chi connectivity index (χ1n) is 7.68. The van der Waals surface area contributed by atoms with Crippen LogP contribution in [0.1, 0.15) is 50.2 Å². The maximum Gasteiger partial charge on any atom is 0.0135 e. The second kappa shape index (κ2) is 5.05. The predicted octanol–water partition coefficient (Wildman–Crippen LogP) is 3.74. The molecule has 1 saturated carbocycles. The van der Waals surface area contributed by atoms with Crippen molar-refractivity contribution < 1.29 is 0 Å². The molecule has 0 saturated heterocycles. The Morgan fingerprint density at radius 2 is 2.06 bits per heavy atom. The zero-order valence-corrected chi connectivity index (χ0v) is 11.7. The fourth-order valence-corrected chi connectivity index (χ4v) is 4.42. The van der Waals surface area contributed by atoms with Gasteiger partial charge in [0, 0.05) is 6.04 Å². The van der Waals surface area contributed by atoms with Crippen molar-refractivity contribution in [3.8, 4) is 0 Å². The molecule has 98 valence electrons. The molecule has 0 radical (unpaired) electrons. The lowest BCUT2D eigenvalue weighted by atomic mass is 9.56. The Morgan fingerprint density at radius 3 is 2.83 bits per heavy atom. The van der Waals surface area contributed by atoms with Gasteiger partial charge < -0.3 is 5.32 Å². The van der Waals surface area contributed by atoms with Crippen LogP contribution in [0, 0.1) is 11.8 Å². The van der Waals surface area contributed by atoms with E-state index in [9.17, 15) is 0 Å². The van der Waals surface area contributed by atoms with Gasteiger partial charge >= 0.3 is 0 Å². The lowest BCUT2D eigenvalue weighted by Gasteiger charge is -2.53. The highest BCUT2D eigenvalue weighted by Gasteiger charge is 2.50. The second-order valence-corrected chi connectivity index (χ2v) is 5.94. The summed E-state index contributed by atoms with van der Waals surface area (Å²) < 4.78 is 0. The van der Waals surface area contributed by atoms with E-state index < -0.39 is 0 Å². The van der Waals surface area contributed by atoms with Crippen molar-refractivity contribution in [2.75, 3.05) is 6.54 Å². The van der Waals surface area contributed by atoms with Gasteiger partial charge in [-0.3, -0.25) is 0 Å². The SMILES string of the molecule is CCNC1C(CC)C2c3ccccc3CCCC12. The summed E-state index contributed by atoms with van der Waals surface area (Å²) in [7, 11) is 0. The van der Waals surface area contributed by atoms with Crippen molar-refractivity contribution in [1.82, 2.24) is 5.32 Å². The van der Waals surface area contributed by atoms with E-state index in [1.807, 2.05) is 0 Å². The van der Waals surface area contributed by atoms with Crippen molar-refractivity contribution in [3.63, 3.8) is 0 Å². The third-order valence-corrected chi connectivity index (χ3v) is 5.15. The minimum Gasteiger partial charge on any atom is -0.314 e. The molecule has 1 aromatic rings. The van der Waals surface area contributed by atoms with Gasteiger partial charge in [-0.1, -0.05) is 44.5 Å². The van der Waals surface area contributed by atoms with Crippen molar-refractivity contribution in [2.45, 2.75) is 51.5 Å². The first kappa shape index (κ1) is 12.2. The molecule has 2 aliphatic rings. The van der Waals surface area contributed by atoms with Crippen molar-refractivity contribution >= 4 is 0 Å². The van der Waals surface area contributed by atoms with Crippen LogP contribution in [0.25, 0.3) is 0 Å². The fraction of sp³-hybridized carbons (Fsp3) is 0.647. The van der Waals surface area contributed by atoms with Gasteiger partial charge in [-0.2, -0.15) is 0 Å². The highest BCUT2D eigenvalue weighted by atomic mass is 15.0. The average Bonchev–Trinajstić information content (AvgIpc) is 2.55. The lowest BCUT2D eigenvalue weighted by Crippen LogP contribution is -2.56. The number of benzene rings is 1. The maximum absolute atomic E-state index is 3.74. The van der Waals surface area contributed by atoms with Gasteiger partial charge in [-0.25, -0.2) is 0 Å². The van der Waals surface area contributed by atoms with Crippen LogP contribution < -0.4 is 5.32 Å². The van der Waals surface area contributed by atoms with Gasteiger partial charge in [0.2, 0.25) is 0 Å². The summed E-state index contributed by atoms with van der Waals surface area (Å²) in [5.74, 6) is 2.57. The van der Waals surface area contributed by atoms with Gasteiger partial charge in [0.25, 0.3) is 0 Å². The van der Waals surface area contributed by atoms with Crippen molar-refractivity contribution in [1.29, 1.82) is 0 Å². The highest BCUT2D eigenvalue weighted by molar-refractivity contribution is 5.36. The number of rotatable bonds is 3. The molecule has 18 heavy (non-hydrogen) atoms. The van der Waals surface area contributed by atoms with E-state index in [1.165, 1.54) is 25.7 Å². The molecule has 0 aromatic heterocycles. The molecule has 4 atom stereocenters. The number of nitrogens with one attached hydrogen (secondary N) is 1. The third kappa shape index (κ3) is 1.80. The van der Waals surface area contributed by atoms with E-state index >= 15 is 0 Å². The molecular formula is C17H25N. The first-order chi connectivity index (χ1) is 8.86. The summed E-state index contributed by atoms with van der Waals surface area (Å²) in [6.45, 7) is 5.72. The van der Waals surface area contributed by atoms with Gasteiger partial charge in [-0.05, 0) is 54.7 Å². The molecule has 3 rings (SSSR count). The molecule has 2 aliphatic carbocycles. The molecular weight excluding hydrogens is 218 g/mol. The molecule has 1 N–H and O–H groups in total. The van der Waals surface area contributed by atoms with Gasteiger partial charge in [-0.15, -0.1) is 0 Å². The third-order valence-electron chi connectivity index (χ3n) is 5.15. The topological polar surface area (TPSA) is 12.0 Å². The monoisotopic (exact) mass is 243 g/mol. The standard InChI is InChI=1S/C17H25N/c1-3-13-16-14-10-6-5-8-12(14)9-7-11-15(16)17(13)18-4-2/h5-6,8,10,13,15-18H,3-4,7,9,11H2,1-2H3. The molecule has 1 nitrogen and oxygen atoms in total. The Hall–Kier alpha value is -0.820. The number of aryl methyl sites for hydroxylation is 1. The van der Waals surface area contributed by atoms with E-state index in [0.29, 0.717) is 0 Å². The minimum absolute atomic E-state index is 0.774. The minimum atomic E-state index is 0.774. The van der Waals surface area contributed by atoms with Crippen LogP contribution in [0.15, 0.2) is 24.3 Å². The molecule has 1 heteroatoms. The largest absolute Gasteiger partial charge is 0.314 e. The van der Waals surface area contributed by atoms with Crippen LogP contribution in [0.5, 0.6) is 0 Å². The second-order valence-electron chi connectivity index (χ2n) is 5.94. The quantitative estimate of drug-likeness (QED) is 0.852. The molecule has 0 heterocycles. The van der Waals surface area contributed by atoms with Gasteiger partial charge in [0.05, 0.1) is 0 Å². The van der Waals surface area contributed by atoms with Gasteiger partial charge in [0.1, 0.15) is 0 Å². The molecule has 4 unspecified atom stereocenters. The van der Waals surface area contributed by atoms with E-state index in [4.69, 9.17) is 0 Å². The van der Waals surface area contributed by atoms with Crippen molar-refractivity contribution in [2.24, 2.45) is 11.8 Å². The zero-order valence-electron chi connectivity index (χ0n) is 11.7. The fourth-order valence-electron chi connectivity index (χ4n) is 4.42. The van der Waals surface area contributed by atoms with Crippen LogP contribution in [0.2, 0.25) is 0 Å². The van der Waals surface area contributed by atoms with E-state index in [0.717, 1.165) is 30.3 Å². The van der Waals surface area contributed by atoms with Crippen LogP contribution >= 0.6 is 0 Å². The Morgan fingerprint density at radius 1 is 1.22 bits per heavy atom. The van der Waals surface area contributed by atoms with E-state index in [-0.39, 0.29) is 0 Å². The molecule has 0 aliphatic heterocycles. The molecule has 0 spiro atoms. The zero-order chi connectivity index (χ0) is 12.5. The maximum atomic E-state index is 3.74. The van der Waals surface area contributed by atoms with Crippen LogP contribution in [0.3, 0.4) is 0 Å². The molecule has 1 fully saturated rings. The Kier molecular flexibility index (Phi) is 3.43. The summed E-state index contributed by atoms with van der Waals surface area (Å²) >= 11 is 0. The summed E-state index contributed by atoms with van der Waals surface area (Å²) in [5, 5.41) is 3.74. The summed E-state index contributed by atoms with van der Waals surface area (Å²) in [4.78, 5) is 0. The summed E-state index contributed by atoms with van der Waals surface area (Å²) in [6.07, 6.45) is 5.38. The van der Waals surface area contributed by atoms with Crippen LogP contribution in [0.4, 0.5) is 0 Å². The number of hydrogen-bond acceptors (Lipinski definition) is 1.